The van der Waals surface area contributed by atoms with Crippen molar-refractivity contribution < 1.29 is 8.78 Å². The van der Waals surface area contributed by atoms with Gasteiger partial charge >= 0.3 is 0 Å². The lowest BCUT2D eigenvalue weighted by atomic mass is 10.0. The summed E-state index contributed by atoms with van der Waals surface area (Å²) in [7, 11) is 0. The van der Waals surface area contributed by atoms with Gasteiger partial charge in [0.1, 0.15) is 0 Å². The summed E-state index contributed by atoms with van der Waals surface area (Å²) in [4.78, 5) is 0.563. The number of thiol groups is 1. The van der Waals surface area contributed by atoms with Crippen molar-refractivity contribution in [3.63, 3.8) is 0 Å². The molecule has 0 fully saturated rings. The maximum Gasteiger partial charge on any atom is 0.299 e. The van der Waals surface area contributed by atoms with Gasteiger partial charge in [-0.1, -0.05) is 23.8 Å². The zero-order valence-corrected chi connectivity index (χ0v) is 10.1. The van der Waals surface area contributed by atoms with Crippen molar-refractivity contribution in [1.29, 1.82) is 0 Å². The Balaban J connectivity index is 2.37. The maximum atomic E-state index is 14.3. The predicted molar refractivity (Wildman–Crippen MR) is 66.9 cm³/mol. The number of alkyl halides is 2. The van der Waals surface area contributed by atoms with Crippen LogP contribution in [0.1, 0.15) is 16.7 Å². The first kappa shape index (κ1) is 10.8. The zero-order valence-electron chi connectivity index (χ0n) is 9.17. The molecule has 0 saturated heterocycles. The van der Waals surface area contributed by atoms with Crippen LogP contribution in [-0.4, -0.2) is 0 Å². The van der Waals surface area contributed by atoms with Gasteiger partial charge in [-0.25, -0.2) is 0 Å². The fraction of sp³-hybridized carbons (Fsp3) is 0.143. The largest absolute Gasteiger partial charge is 0.299 e. The molecular weight excluding hydrogens is 238 g/mol. The first-order chi connectivity index (χ1) is 8.00. The molecule has 0 heterocycles. The van der Waals surface area contributed by atoms with Crippen LogP contribution in [-0.2, 0) is 5.92 Å². The highest BCUT2D eigenvalue weighted by Gasteiger charge is 2.44. The molecule has 3 heteroatoms. The monoisotopic (exact) mass is 248 g/mol. The Morgan fingerprint density at radius 1 is 0.941 bits per heavy atom. The van der Waals surface area contributed by atoms with Crippen LogP contribution in [0.2, 0.25) is 0 Å². The van der Waals surface area contributed by atoms with Gasteiger partial charge in [0.25, 0.3) is 5.92 Å². The molecule has 0 atom stereocenters. The molecule has 0 N–H and O–H groups in total. The van der Waals surface area contributed by atoms with E-state index in [4.69, 9.17) is 0 Å². The number of aryl methyl sites for hydroxylation is 1. The first-order valence-electron chi connectivity index (χ1n) is 5.33. The van der Waals surface area contributed by atoms with Gasteiger partial charge in [-0.3, -0.25) is 0 Å². The van der Waals surface area contributed by atoms with Crippen LogP contribution in [0.3, 0.4) is 0 Å². The van der Waals surface area contributed by atoms with E-state index in [2.05, 4.69) is 12.6 Å². The van der Waals surface area contributed by atoms with Gasteiger partial charge in [-0.2, -0.15) is 8.78 Å². The van der Waals surface area contributed by atoms with Crippen LogP contribution in [0.5, 0.6) is 0 Å². The van der Waals surface area contributed by atoms with Crippen molar-refractivity contribution in [1.82, 2.24) is 0 Å². The molecule has 0 bridgehead atoms. The van der Waals surface area contributed by atoms with Crippen molar-refractivity contribution >= 4 is 12.6 Å². The predicted octanol–water partition coefficient (Wildman–Crippen LogP) is 4.40. The molecule has 3 rings (SSSR count). The summed E-state index contributed by atoms with van der Waals surface area (Å²) in [5.74, 6) is -2.91. The van der Waals surface area contributed by atoms with E-state index in [9.17, 15) is 8.78 Å². The molecule has 0 radical (unpaired) electrons. The third-order valence-electron chi connectivity index (χ3n) is 3.14. The standard InChI is InChI=1S/C14H10F2S/c1-8-2-4-10-11-5-3-9(17)7-13(11)14(15,16)12(10)6-8/h2-7,17H,1H3. The fourth-order valence-electron chi connectivity index (χ4n) is 2.32. The maximum absolute atomic E-state index is 14.3. The Morgan fingerprint density at radius 2 is 1.53 bits per heavy atom. The van der Waals surface area contributed by atoms with E-state index in [0.717, 1.165) is 5.56 Å². The first-order valence-corrected chi connectivity index (χ1v) is 5.77. The van der Waals surface area contributed by atoms with Gasteiger partial charge in [-0.15, -0.1) is 12.6 Å². The van der Waals surface area contributed by atoms with E-state index in [1.807, 2.05) is 13.0 Å². The highest BCUT2D eigenvalue weighted by atomic mass is 32.1. The molecule has 0 saturated carbocycles. The Bertz CT molecular complexity index is 564. The van der Waals surface area contributed by atoms with Gasteiger partial charge < -0.3 is 0 Å². The molecule has 17 heavy (non-hydrogen) atoms. The van der Waals surface area contributed by atoms with E-state index in [0.29, 0.717) is 16.0 Å². The summed E-state index contributed by atoms with van der Waals surface area (Å²) < 4.78 is 28.5. The number of hydrogen-bond donors (Lipinski definition) is 1. The average molecular weight is 248 g/mol. The molecule has 0 spiro atoms. The quantitative estimate of drug-likeness (QED) is 0.656. The SMILES string of the molecule is Cc1ccc2c(c1)C(F)(F)c1cc(S)ccc1-2. The molecule has 0 aromatic heterocycles. The van der Waals surface area contributed by atoms with Gasteiger partial charge in [0.2, 0.25) is 0 Å². The number of fused-ring (bicyclic) bond motifs is 3. The van der Waals surface area contributed by atoms with Crippen molar-refractivity contribution in [3.8, 4) is 11.1 Å². The van der Waals surface area contributed by atoms with Crippen molar-refractivity contribution in [2.75, 3.05) is 0 Å². The molecule has 0 amide bonds. The highest BCUT2D eigenvalue weighted by molar-refractivity contribution is 7.80. The second kappa shape index (κ2) is 3.33. The van der Waals surface area contributed by atoms with E-state index in [1.54, 1.807) is 24.3 Å². The van der Waals surface area contributed by atoms with Crippen LogP contribution in [0.15, 0.2) is 41.3 Å². The molecule has 0 aliphatic heterocycles. The van der Waals surface area contributed by atoms with Crippen LogP contribution in [0.4, 0.5) is 8.78 Å². The summed E-state index contributed by atoms with van der Waals surface area (Å²) in [5.41, 5.74) is 2.26. The molecular formula is C14H10F2S. The topological polar surface area (TPSA) is 0 Å². The smallest absolute Gasteiger partial charge is 0.196 e. The molecule has 2 aromatic rings. The number of benzene rings is 2. The third kappa shape index (κ3) is 1.42. The normalized spacial score (nSPS) is 15.5. The van der Waals surface area contributed by atoms with Crippen molar-refractivity contribution in [2.45, 2.75) is 17.7 Å². The number of halogens is 2. The lowest BCUT2D eigenvalue weighted by molar-refractivity contribution is 0.0477. The molecule has 0 nitrogen and oxygen atoms in total. The summed E-state index contributed by atoms with van der Waals surface area (Å²) in [6.45, 7) is 1.82. The molecule has 2 aromatic carbocycles. The van der Waals surface area contributed by atoms with Gasteiger partial charge in [-0.05, 0) is 36.2 Å². The van der Waals surface area contributed by atoms with E-state index in [-0.39, 0.29) is 11.1 Å². The van der Waals surface area contributed by atoms with Crippen LogP contribution in [0, 0.1) is 6.92 Å². The zero-order chi connectivity index (χ0) is 12.2. The van der Waals surface area contributed by atoms with Crippen LogP contribution < -0.4 is 0 Å². The molecule has 1 aliphatic carbocycles. The average Bonchev–Trinajstić information content (AvgIpc) is 2.49. The van der Waals surface area contributed by atoms with Gasteiger partial charge in [0.05, 0.1) is 0 Å². The second-order valence-corrected chi connectivity index (χ2v) is 4.87. The summed E-state index contributed by atoms with van der Waals surface area (Å²) in [5, 5.41) is 0. The lowest BCUT2D eigenvalue weighted by Crippen LogP contribution is -2.11. The van der Waals surface area contributed by atoms with Gasteiger partial charge in [0.15, 0.2) is 0 Å². The highest BCUT2D eigenvalue weighted by Crippen LogP contribution is 2.51. The third-order valence-corrected chi connectivity index (χ3v) is 3.42. The Hall–Kier alpha value is -1.35. The van der Waals surface area contributed by atoms with E-state index >= 15 is 0 Å². The lowest BCUT2D eigenvalue weighted by Gasteiger charge is -2.12. The minimum absolute atomic E-state index is 0.0607. The van der Waals surface area contributed by atoms with Crippen LogP contribution >= 0.6 is 12.6 Å². The Morgan fingerprint density at radius 3 is 2.24 bits per heavy atom. The van der Waals surface area contributed by atoms with Crippen molar-refractivity contribution in [2.24, 2.45) is 0 Å². The van der Waals surface area contributed by atoms with E-state index in [1.165, 1.54) is 6.07 Å². The molecule has 0 unspecified atom stereocenters. The summed E-state index contributed by atoms with van der Waals surface area (Å²) >= 11 is 4.13. The van der Waals surface area contributed by atoms with E-state index < -0.39 is 5.92 Å². The number of rotatable bonds is 0. The Labute approximate surface area is 104 Å². The van der Waals surface area contributed by atoms with Crippen molar-refractivity contribution in [3.05, 3.63) is 53.1 Å². The molecule has 1 aliphatic rings. The second-order valence-electron chi connectivity index (χ2n) is 4.35. The summed E-state index contributed by atoms with van der Waals surface area (Å²) in [6, 6.07) is 10.1. The van der Waals surface area contributed by atoms with Crippen LogP contribution in [0.25, 0.3) is 11.1 Å². The summed E-state index contributed by atoms with van der Waals surface area (Å²) in [6.07, 6.45) is 0. The Kier molecular flexibility index (Phi) is 2.11. The van der Waals surface area contributed by atoms with Gasteiger partial charge in [0, 0.05) is 16.0 Å². The minimum atomic E-state index is -2.91. The fourth-order valence-corrected chi connectivity index (χ4v) is 2.53. The minimum Gasteiger partial charge on any atom is -0.196 e. The number of hydrogen-bond acceptors (Lipinski definition) is 1. The molecule has 86 valence electrons.